The third kappa shape index (κ3) is 2.32. The first-order chi connectivity index (χ1) is 5.09. The van der Waals surface area contributed by atoms with E-state index in [0.29, 0.717) is 6.42 Å². The maximum Gasteiger partial charge on any atom is 0.404 e. The highest BCUT2D eigenvalue weighted by molar-refractivity contribution is 5.68. The molecule has 0 aliphatic heterocycles. The van der Waals surface area contributed by atoms with Crippen molar-refractivity contribution in [1.82, 2.24) is 10.6 Å². The maximum absolute atomic E-state index is 9.99. The van der Waals surface area contributed by atoms with Gasteiger partial charge in [-0.25, -0.2) is 9.59 Å². The van der Waals surface area contributed by atoms with E-state index >= 15 is 0 Å². The molecule has 2 atom stereocenters. The van der Waals surface area contributed by atoms with Crippen LogP contribution in [-0.4, -0.2) is 34.5 Å². The molecule has 0 bridgehead atoms. The third-order valence-electron chi connectivity index (χ3n) is 1.41. The van der Waals surface area contributed by atoms with Crippen LogP contribution in [0.25, 0.3) is 0 Å². The minimum Gasteiger partial charge on any atom is -0.465 e. The van der Waals surface area contributed by atoms with E-state index in [1.54, 1.807) is 0 Å². The van der Waals surface area contributed by atoms with Crippen LogP contribution in [0.3, 0.4) is 0 Å². The van der Waals surface area contributed by atoms with Crippen LogP contribution in [0.1, 0.15) is 6.42 Å². The van der Waals surface area contributed by atoms with E-state index in [1.165, 1.54) is 0 Å². The zero-order chi connectivity index (χ0) is 8.43. The molecule has 2 unspecified atom stereocenters. The molecule has 6 nitrogen and oxygen atoms in total. The molecule has 1 aliphatic rings. The molecule has 1 saturated carbocycles. The van der Waals surface area contributed by atoms with Crippen molar-refractivity contribution in [2.24, 2.45) is 0 Å². The molecular weight excluding hydrogens is 152 g/mol. The van der Waals surface area contributed by atoms with Crippen molar-refractivity contribution in [3.63, 3.8) is 0 Å². The van der Waals surface area contributed by atoms with Gasteiger partial charge in [-0.1, -0.05) is 0 Å². The fourth-order valence-corrected chi connectivity index (χ4v) is 0.831. The summed E-state index contributed by atoms with van der Waals surface area (Å²) in [7, 11) is 0. The number of carbonyl (C=O) groups is 2. The van der Waals surface area contributed by atoms with E-state index in [2.05, 4.69) is 10.6 Å². The van der Waals surface area contributed by atoms with Gasteiger partial charge in [-0.2, -0.15) is 0 Å². The quantitative estimate of drug-likeness (QED) is 0.444. The summed E-state index contributed by atoms with van der Waals surface area (Å²) in [6, 6.07) is -0.493. The summed E-state index contributed by atoms with van der Waals surface area (Å²) in [6.07, 6.45) is -1.70. The molecule has 0 heterocycles. The van der Waals surface area contributed by atoms with Gasteiger partial charge in [0.15, 0.2) is 0 Å². The van der Waals surface area contributed by atoms with Crippen LogP contribution < -0.4 is 10.6 Å². The number of amides is 2. The molecule has 1 fully saturated rings. The molecule has 4 N–H and O–H groups in total. The number of nitrogens with one attached hydrogen (secondary N) is 2. The largest absolute Gasteiger partial charge is 0.465 e. The van der Waals surface area contributed by atoms with Crippen molar-refractivity contribution in [2.75, 3.05) is 0 Å². The molecule has 0 spiro atoms. The van der Waals surface area contributed by atoms with Crippen LogP contribution in [0.4, 0.5) is 9.59 Å². The smallest absolute Gasteiger partial charge is 0.404 e. The van der Waals surface area contributed by atoms with E-state index in [1.807, 2.05) is 0 Å². The molecule has 6 heteroatoms. The second-order valence-corrected chi connectivity index (χ2v) is 2.35. The Labute approximate surface area is 62.2 Å². The van der Waals surface area contributed by atoms with Crippen LogP contribution >= 0.6 is 0 Å². The van der Waals surface area contributed by atoms with E-state index in [4.69, 9.17) is 10.2 Å². The van der Waals surface area contributed by atoms with Gasteiger partial charge >= 0.3 is 12.2 Å². The summed E-state index contributed by atoms with van der Waals surface area (Å²) < 4.78 is 0. The van der Waals surface area contributed by atoms with E-state index in [9.17, 15) is 9.59 Å². The zero-order valence-electron chi connectivity index (χ0n) is 5.57. The topological polar surface area (TPSA) is 98.7 Å². The van der Waals surface area contributed by atoms with Crippen molar-refractivity contribution < 1.29 is 19.8 Å². The highest BCUT2D eigenvalue weighted by Gasteiger charge is 2.39. The summed E-state index contributed by atoms with van der Waals surface area (Å²) in [6.45, 7) is 0. The van der Waals surface area contributed by atoms with E-state index < -0.39 is 12.2 Å². The first-order valence-electron chi connectivity index (χ1n) is 3.08. The van der Waals surface area contributed by atoms with Gasteiger partial charge in [-0.3, -0.25) is 0 Å². The molecule has 62 valence electrons. The van der Waals surface area contributed by atoms with Crippen LogP contribution in [0.5, 0.6) is 0 Å². The van der Waals surface area contributed by atoms with Gasteiger partial charge in [0, 0.05) is 0 Å². The normalized spacial score (nSPS) is 27.3. The summed E-state index contributed by atoms with van der Waals surface area (Å²) in [5.41, 5.74) is 0. The van der Waals surface area contributed by atoms with Crippen molar-refractivity contribution in [3.8, 4) is 0 Å². The Morgan fingerprint density at radius 2 is 1.45 bits per heavy atom. The highest BCUT2D eigenvalue weighted by Crippen LogP contribution is 2.20. The molecule has 0 aromatic rings. The van der Waals surface area contributed by atoms with Crippen LogP contribution in [0, 0.1) is 0 Å². The molecule has 11 heavy (non-hydrogen) atoms. The van der Waals surface area contributed by atoms with E-state index in [-0.39, 0.29) is 12.1 Å². The summed E-state index contributed by atoms with van der Waals surface area (Å²) in [4.78, 5) is 20.0. The van der Waals surface area contributed by atoms with E-state index in [0.717, 1.165) is 0 Å². The Bertz CT molecular complexity index is 173. The number of hydrogen-bond acceptors (Lipinski definition) is 2. The number of carboxylic acid groups (broad SMARTS) is 2. The van der Waals surface area contributed by atoms with Crippen molar-refractivity contribution in [2.45, 2.75) is 18.5 Å². The predicted molar refractivity (Wildman–Crippen MR) is 34.5 cm³/mol. The molecule has 0 aromatic carbocycles. The van der Waals surface area contributed by atoms with Crippen molar-refractivity contribution in [3.05, 3.63) is 0 Å². The summed E-state index contributed by atoms with van der Waals surface area (Å²) in [5.74, 6) is 0. The lowest BCUT2D eigenvalue weighted by Crippen LogP contribution is -2.33. The zero-order valence-corrected chi connectivity index (χ0v) is 5.57. The fourth-order valence-electron chi connectivity index (χ4n) is 0.831. The molecular formula is C5H8N2O4. The Kier molecular flexibility index (Phi) is 1.84. The highest BCUT2D eigenvalue weighted by atomic mass is 16.4. The lowest BCUT2D eigenvalue weighted by molar-refractivity contribution is 0.188. The first kappa shape index (κ1) is 7.64. The van der Waals surface area contributed by atoms with Crippen molar-refractivity contribution >= 4 is 12.2 Å². The second-order valence-electron chi connectivity index (χ2n) is 2.35. The lowest BCUT2D eigenvalue weighted by Gasteiger charge is -1.98. The summed E-state index contributed by atoms with van der Waals surface area (Å²) >= 11 is 0. The Hall–Kier alpha value is -1.46. The van der Waals surface area contributed by atoms with Crippen LogP contribution in [0.15, 0.2) is 0 Å². The molecule has 1 rings (SSSR count). The first-order valence-corrected chi connectivity index (χ1v) is 3.08. The lowest BCUT2D eigenvalue weighted by atomic mass is 10.6. The molecule has 0 radical (unpaired) electrons. The fraction of sp³-hybridized carbons (Fsp3) is 0.600. The van der Waals surface area contributed by atoms with Crippen molar-refractivity contribution in [1.29, 1.82) is 0 Å². The number of hydrogen-bond donors (Lipinski definition) is 4. The summed E-state index contributed by atoms with van der Waals surface area (Å²) in [5, 5.41) is 20.7. The molecule has 0 aromatic heterocycles. The van der Waals surface area contributed by atoms with Gasteiger partial charge in [0.25, 0.3) is 0 Å². The van der Waals surface area contributed by atoms with Gasteiger partial charge in [0.1, 0.15) is 0 Å². The molecule has 1 aliphatic carbocycles. The maximum atomic E-state index is 9.99. The van der Waals surface area contributed by atoms with Crippen LogP contribution in [0.2, 0.25) is 0 Å². The molecule has 2 amide bonds. The predicted octanol–water partition coefficient (Wildman–Crippen LogP) is -0.338. The average molecular weight is 160 g/mol. The third-order valence-corrected chi connectivity index (χ3v) is 1.41. The average Bonchev–Trinajstić information content (AvgIpc) is 2.43. The standard InChI is InChI=1S/C5H8N2O4/c8-4(9)6-2-1-3(2)7-5(10)11/h2-3,6-7H,1H2,(H,8,9)(H,10,11). The van der Waals surface area contributed by atoms with Gasteiger partial charge in [-0.15, -0.1) is 0 Å². The minimum absolute atomic E-state index is 0.247. The Morgan fingerprint density at radius 1 is 1.09 bits per heavy atom. The van der Waals surface area contributed by atoms with Gasteiger partial charge in [0.2, 0.25) is 0 Å². The van der Waals surface area contributed by atoms with Gasteiger partial charge in [0.05, 0.1) is 12.1 Å². The molecule has 0 saturated heterocycles. The van der Waals surface area contributed by atoms with Crippen LogP contribution in [-0.2, 0) is 0 Å². The Balaban J connectivity index is 2.16. The Morgan fingerprint density at radius 3 is 1.73 bits per heavy atom. The van der Waals surface area contributed by atoms with Gasteiger partial charge in [-0.05, 0) is 6.42 Å². The monoisotopic (exact) mass is 160 g/mol. The second kappa shape index (κ2) is 2.65. The SMILES string of the molecule is O=C(O)NC1CC1NC(=O)O. The number of rotatable bonds is 2. The minimum atomic E-state index is -1.12. The van der Waals surface area contributed by atoms with Gasteiger partial charge < -0.3 is 20.8 Å².